The maximum atomic E-state index is 10.6. The molecule has 0 fully saturated rings. The fraction of sp³-hybridized carbons (Fsp3) is 0.429. The lowest BCUT2D eigenvalue weighted by atomic mass is 9.86. The molecule has 1 atom stereocenters. The van der Waals surface area contributed by atoms with Crippen LogP contribution in [-0.2, 0) is 6.42 Å². The van der Waals surface area contributed by atoms with E-state index in [1.54, 1.807) is 7.11 Å². The van der Waals surface area contributed by atoms with Crippen molar-refractivity contribution in [2.45, 2.75) is 45.4 Å². The topological polar surface area (TPSA) is 71.5 Å². The average Bonchev–Trinajstić information content (AvgIpc) is 2.65. The summed E-state index contributed by atoms with van der Waals surface area (Å²) in [6, 6.07) is 12.6. The number of nitrogens with zero attached hydrogens (tertiary/aromatic N) is 1. The number of carboxylic acid groups (broad SMARTS) is 1. The van der Waals surface area contributed by atoms with E-state index in [1.165, 1.54) is 11.1 Å². The maximum Gasteiger partial charge on any atom is 0.404 e. The molecule has 0 radical (unpaired) electrons. The van der Waals surface area contributed by atoms with Crippen LogP contribution in [0.5, 0.6) is 5.88 Å². The molecule has 2 N–H and O–H groups in total. The summed E-state index contributed by atoms with van der Waals surface area (Å²) in [6.45, 7) is 4.62. The quantitative estimate of drug-likeness (QED) is 0.648. The largest absolute Gasteiger partial charge is 0.481 e. The zero-order chi connectivity index (χ0) is 18.9. The van der Waals surface area contributed by atoms with Gasteiger partial charge in [0.1, 0.15) is 0 Å². The van der Waals surface area contributed by atoms with Crippen LogP contribution in [-0.4, -0.2) is 29.8 Å². The van der Waals surface area contributed by atoms with Crippen LogP contribution in [0.25, 0.3) is 0 Å². The number of methoxy groups -OCH3 is 1. The van der Waals surface area contributed by atoms with Crippen molar-refractivity contribution in [1.82, 2.24) is 10.3 Å². The number of pyridine rings is 1. The van der Waals surface area contributed by atoms with Crippen LogP contribution in [0, 0.1) is 6.92 Å². The molecule has 140 valence electrons. The van der Waals surface area contributed by atoms with E-state index in [4.69, 9.17) is 9.84 Å². The summed E-state index contributed by atoms with van der Waals surface area (Å²) in [4.78, 5) is 15.3. The summed E-state index contributed by atoms with van der Waals surface area (Å²) in [5.74, 6) is 0.853. The van der Waals surface area contributed by atoms with E-state index in [1.807, 2.05) is 25.1 Å². The standard InChI is InChI=1S/C21H28N2O3/c1-4-16-14-19(20(26-3)23-15(16)2)18(17-10-6-5-7-11-17)12-8-9-13-22-21(24)25/h5-7,10-11,14,18,22H,4,8-9,12-13H2,1-3H3,(H,24,25). The van der Waals surface area contributed by atoms with Crippen LogP contribution in [0.3, 0.4) is 0 Å². The summed E-state index contributed by atoms with van der Waals surface area (Å²) in [6.07, 6.45) is 2.59. The van der Waals surface area contributed by atoms with Gasteiger partial charge in [0.2, 0.25) is 5.88 Å². The van der Waals surface area contributed by atoms with Gasteiger partial charge in [-0.1, -0.05) is 43.7 Å². The first-order chi connectivity index (χ1) is 12.6. The molecule has 0 spiro atoms. The molecule has 2 rings (SSSR count). The van der Waals surface area contributed by atoms with Gasteiger partial charge < -0.3 is 15.2 Å². The first-order valence-corrected chi connectivity index (χ1v) is 9.13. The number of aryl methyl sites for hydroxylation is 2. The minimum atomic E-state index is -0.971. The zero-order valence-corrected chi connectivity index (χ0v) is 15.8. The molecule has 0 saturated heterocycles. The highest BCUT2D eigenvalue weighted by molar-refractivity contribution is 5.64. The molecule has 1 aromatic carbocycles. The lowest BCUT2D eigenvalue weighted by Gasteiger charge is -2.21. The molecule has 0 saturated carbocycles. The third-order valence-electron chi connectivity index (χ3n) is 4.66. The monoisotopic (exact) mass is 356 g/mol. The first-order valence-electron chi connectivity index (χ1n) is 9.13. The number of hydrogen-bond acceptors (Lipinski definition) is 3. The fourth-order valence-corrected chi connectivity index (χ4v) is 3.27. The van der Waals surface area contributed by atoms with E-state index in [-0.39, 0.29) is 5.92 Å². The van der Waals surface area contributed by atoms with Crippen LogP contribution in [0.4, 0.5) is 4.79 Å². The van der Waals surface area contributed by atoms with Crippen molar-refractivity contribution in [2.75, 3.05) is 13.7 Å². The Balaban J connectivity index is 2.28. The predicted molar refractivity (Wildman–Crippen MR) is 103 cm³/mol. The van der Waals surface area contributed by atoms with Crippen LogP contribution in [0.2, 0.25) is 0 Å². The molecule has 2 aromatic rings. The van der Waals surface area contributed by atoms with Gasteiger partial charge in [0.05, 0.1) is 7.11 Å². The Kier molecular flexibility index (Phi) is 7.45. The van der Waals surface area contributed by atoms with Crippen molar-refractivity contribution in [2.24, 2.45) is 0 Å². The number of aromatic nitrogens is 1. The second-order valence-corrected chi connectivity index (χ2v) is 6.38. The van der Waals surface area contributed by atoms with Gasteiger partial charge in [0.25, 0.3) is 0 Å². The molecular weight excluding hydrogens is 328 g/mol. The van der Waals surface area contributed by atoms with E-state index >= 15 is 0 Å². The van der Waals surface area contributed by atoms with Gasteiger partial charge in [-0.25, -0.2) is 9.78 Å². The summed E-state index contributed by atoms with van der Waals surface area (Å²) in [5.41, 5.74) is 4.57. The molecule has 1 unspecified atom stereocenters. The van der Waals surface area contributed by atoms with Crippen LogP contribution in [0.15, 0.2) is 36.4 Å². The highest BCUT2D eigenvalue weighted by Crippen LogP contribution is 2.35. The van der Waals surface area contributed by atoms with Crippen LogP contribution < -0.4 is 10.1 Å². The Morgan fingerprint density at radius 1 is 1.27 bits per heavy atom. The third-order valence-corrected chi connectivity index (χ3v) is 4.66. The van der Waals surface area contributed by atoms with Crippen molar-refractivity contribution in [3.05, 3.63) is 58.8 Å². The van der Waals surface area contributed by atoms with E-state index in [9.17, 15) is 4.79 Å². The highest BCUT2D eigenvalue weighted by Gasteiger charge is 2.20. The fourth-order valence-electron chi connectivity index (χ4n) is 3.27. The average molecular weight is 356 g/mol. The molecule has 1 amide bonds. The Bertz CT molecular complexity index is 717. The number of hydrogen-bond donors (Lipinski definition) is 2. The van der Waals surface area contributed by atoms with Gasteiger partial charge in [0.15, 0.2) is 0 Å². The molecule has 26 heavy (non-hydrogen) atoms. The minimum absolute atomic E-state index is 0.175. The van der Waals surface area contributed by atoms with E-state index in [0.29, 0.717) is 12.4 Å². The lowest BCUT2D eigenvalue weighted by Crippen LogP contribution is -2.21. The number of rotatable bonds is 9. The van der Waals surface area contributed by atoms with E-state index in [2.05, 4.69) is 35.4 Å². The van der Waals surface area contributed by atoms with Gasteiger partial charge in [0, 0.05) is 23.7 Å². The molecular formula is C21H28N2O3. The Morgan fingerprint density at radius 2 is 2.00 bits per heavy atom. The van der Waals surface area contributed by atoms with Gasteiger partial charge in [-0.05, 0) is 43.4 Å². The van der Waals surface area contributed by atoms with Crippen LogP contribution >= 0.6 is 0 Å². The molecule has 5 nitrogen and oxygen atoms in total. The van der Waals surface area contributed by atoms with Crippen molar-refractivity contribution in [3.63, 3.8) is 0 Å². The molecule has 1 heterocycles. The number of benzene rings is 1. The van der Waals surface area contributed by atoms with Crippen molar-refractivity contribution < 1.29 is 14.6 Å². The summed E-state index contributed by atoms with van der Waals surface area (Å²) in [5, 5.41) is 11.1. The summed E-state index contributed by atoms with van der Waals surface area (Å²) in [7, 11) is 1.66. The number of nitrogens with one attached hydrogen (secondary N) is 1. The molecule has 0 bridgehead atoms. The minimum Gasteiger partial charge on any atom is -0.481 e. The molecule has 0 aliphatic rings. The molecule has 1 aromatic heterocycles. The second kappa shape index (κ2) is 9.80. The first kappa shape index (κ1) is 19.8. The number of unbranched alkanes of at least 4 members (excludes halogenated alkanes) is 1. The number of carbonyl (C=O) groups is 1. The SMILES string of the molecule is CCc1cc(C(CCCCNC(=O)O)c2ccccc2)c(OC)nc1C. The van der Waals surface area contributed by atoms with Crippen molar-refractivity contribution in [3.8, 4) is 5.88 Å². The number of ether oxygens (including phenoxy) is 1. The molecule has 0 aliphatic carbocycles. The Morgan fingerprint density at radius 3 is 2.62 bits per heavy atom. The van der Waals surface area contributed by atoms with Gasteiger partial charge in [-0.15, -0.1) is 0 Å². The van der Waals surface area contributed by atoms with E-state index in [0.717, 1.165) is 36.9 Å². The summed E-state index contributed by atoms with van der Waals surface area (Å²) < 4.78 is 5.59. The zero-order valence-electron chi connectivity index (χ0n) is 15.8. The Hall–Kier alpha value is -2.56. The molecule has 0 aliphatic heterocycles. The van der Waals surface area contributed by atoms with Gasteiger partial charge in [-0.2, -0.15) is 0 Å². The smallest absolute Gasteiger partial charge is 0.404 e. The van der Waals surface area contributed by atoms with Crippen LogP contribution in [0.1, 0.15) is 54.5 Å². The second-order valence-electron chi connectivity index (χ2n) is 6.38. The van der Waals surface area contributed by atoms with Gasteiger partial charge in [-0.3, -0.25) is 0 Å². The normalized spacial score (nSPS) is 11.8. The summed E-state index contributed by atoms with van der Waals surface area (Å²) >= 11 is 0. The third kappa shape index (κ3) is 5.22. The predicted octanol–water partition coefficient (Wildman–Crippen LogP) is 4.53. The maximum absolute atomic E-state index is 10.6. The van der Waals surface area contributed by atoms with Gasteiger partial charge >= 0.3 is 6.09 Å². The molecule has 5 heteroatoms. The Labute approximate surface area is 155 Å². The lowest BCUT2D eigenvalue weighted by molar-refractivity contribution is 0.194. The van der Waals surface area contributed by atoms with Crippen molar-refractivity contribution >= 4 is 6.09 Å². The van der Waals surface area contributed by atoms with Crippen molar-refractivity contribution in [1.29, 1.82) is 0 Å². The van der Waals surface area contributed by atoms with E-state index < -0.39 is 6.09 Å². The highest BCUT2D eigenvalue weighted by atomic mass is 16.5. The number of amides is 1.